The molecule has 0 aromatic heterocycles. The van der Waals surface area contributed by atoms with Crippen LogP contribution in [0.15, 0.2) is 24.3 Å². The number of carbonyl (C=O) groups excluding carboxylic acids is 1. The van der Waals surface area contributed by atoms with E-state index in [2.05, 4.69) is 16.3 Å². The molecular weight excluding hydrogens is 281 g/mol. The summed E-state index contributed by atoms with van der Waals surface area (Å²) in [6.07, 6.45) is 2.26. The SMILES string of the molecule is [CH3][SnH]([CH3])[CH2][CH]c1ccc(C(N)=O)cc1. The van der Waals surface area contributed by atoms with E-state index in [1.54, 1.807) is 12.1 Å². The molecule has 0 saturated heterocycles. The fourth-order valence-electron chi connectivity index (χ4n) is 1.16. The van der Waals surface area contributed by atoms with Crippen molar-refractivity contribution >= 4 is 25.7 Å². The molecule has 0 aliphatic rings. The summed E-state index contributed by atoms with van der Waals surface area (Å²) in [5.41, 5.74) is 6.92. The standard InChI is InChI=1S/C9H9NO.2CH3.Sn.H/c1-2-7-3-5-8(6-4-7)9(10)11;;;;/h2-6H,1H2,(H2,10,11);2*1H3;;. The molecule has 0 unspecified atom stereocenters. The van der Waals surface area contributed by atoms with Crippen molar-refractivity contribution in [2.24, 2.45) is 5.73 Å². The van der Waals surface area contributed by atoms with Crippen molar-refractivity contribution in [1.29, 1.82) is 0 Å². The van der Waals surface area contributed by atoms with E-state index in [0.717, 1.165) is 0 Å². The third-order valence-corrected chi connectivity index (χ3v) is 5.38. The molecule has 3 heteroatoms. The van der Waals surface area contributed by atoms with Gasteiger partial charge in [-0.25, -0.2) is 0 Å². The first kappa shape index (κ1) is 11.6. The zero-order chi connectivity index (χ0) is 10.6. The average molecular weight is 297 g/mol. The number of hydrogen-bond donors (Lipinski definition) is 1. The van der Waals surface area contributed by atoms with Gasteiger partial charge < -0.3 is 0 Å². The van der Waals surface area contributed by atoms with Gasteiger partial charge in [0.25, 0.3) is 0 Å². The van der Waals surface area contributed by atoms with Gasteiger partial charge in [-0.15, -0.1) is 0 Å². The summed E-state index contributed by atoms with van der Waals surface area (Å²) in [5, 5.41) is 0. The Morgan fingerprint density at radius 1 is 1.36 bits per heavy atom. The molecule has 1 aromatic rings. The van der Waals surface area contributed by atoms with E-state index in [9.17, 15) is 4.79 Å². The molecule has 14 heavy (non-hydrogen) atoms. The number of carbonyl (C=O) groups is 1. The maximum atomic E-state index is 10.8. The Morgan fingerprint density at radius 3 is 2.36 bits per heavy atom. The molecule has 0 aliphatic carbocycles. The predicted molar refractivity (Wildman–Crippen MR) is 62.0 cm³/mol. The summed E-state index contributed by atoms with van der Waals surface area (Å²) in [5.74, 6) is -0.361. The van der Waals surface area contributed by atoms with Gasteiger partial charge in [0.05, 0.1) is 0 Å². The van der Waals surface area contributed by atoms with Gasteiger partial charge in [0.15, 0.2) is 0 Å². The number of benzene rings is 1. The monoisotopic (exact) mass is 298 g/mol. The summed E-state index contributed by atoms with van der Waals surface area (Å²) >= 11 is -1.12. The van der Waals surface area contributed by atoms with Crippen LogP contribution in [-0.4, -0.2) is 25.7 Å². The Hall–Kier alpha value is -0.511. The van der Waals surface area contributed by atoms with E-state index in [0.29, 0.717) is 5.56 Å². The molecule has 0 spiro atoms. The Morgan fingerprint density at radius 2 is 1.93 bits per heavy atom. The van der Waals surface area contributed by atoms with Crippen LogP contribution in [0.3, 0.4) is 0 Å². The van der Waals surface area contributed by atoms with E-state index in [1.165, 1.54) is 10.0 Å². The Labute approximate surface area is 92.2 Å². The summed E-state index contributed by atoms with van der Waals surface area (Å²) in [4.78, 5) is 15.6. The zero-order valence-electron chi connectivity index (χ0n) is 8.66. The van der Waals surface area contributed by atoms with Crippen molar-refractivity contribution in [2.75, 3.05) is 0 Å². The zero-order valence-corrected chi connectivity index (χ0v) is 12.0. The van der Waals surface area contributed by atoms with Crippen molar-refractivity contribution in [1.82, 2.24) is 0 Å². The van der Waals surface area contributed by atoms with Crippen molar-refractivity contribution in [3.63, 3.8) is 0 Å². The third-order valence-electron chi connectivity index (χ3n) is 2.02. The van der Waals surface area contributed by atoms with E-state index >= 15 is 0 Å². The summed E-state index contributed by atoms with van der Waals surface area (Å²) in [6.45, 7) is 0. The van der Waals surface area contributed by atoms with E-state index in [1.807, 2.05) is 12.1 Å². The summed E-state index contributed by atoms with van der Waals surface area (Å²) in [6, 6.07) is 7.47. The molecule has 75 valence electrons. The molecule has 2 N–H and O–H groups in total. The molecule has 1 radical (unpaired) electrons. The molecular formula is C11H16NOSn. The Kier molecular flexibility index (Phi) is 4.45. The van der Waals surface area contributed by atoms with Gasteiger partial charge in [-0.05, 0) is 0 Å². The molecule has 2 nitrogen and oxygen atoms in total. The normalized spacial score (nSPS) is 10.5. The molecule has 0 bridgehead atoms. The van der Waals surface area contributed by atoms with E-state index in [-0.39, 0.29) is 5.91 Å². The fourth-order valence-corrected chi connectivity index (χ4v) is 3.28. The van der Waals surface area contributed by atoms with Crippen molar-refractivity contribution in [2.45, 2.75) is 14.3 Å². The second-order valence-electron chi connectivity index (χ2n) is 3.82. The van der Waals surface area contributed by atoms with Crippen LogP contribution in [0.1, 0.15) is 15.9 Å². The van der Waals surface area contributed by atoms with Gasteiger partial charge >= 0.3 is 92.3 Å². The molecule has 1 amide bonds. The average Bonchev–Trinajstić information content (AvgIpc) is 2.15. The third kappa shape index (κ3) is 3.70. The van der Waals surface area contributed by atoms with Crippen LogP contribution in [0.4, 0.5) is 0 Å². The van der Waals surface area contributed by atoms with Gasteiger partial charge in [0, 0.05) is 0 Å². The number of amides is 1. The minimum absolute atomic E-state index is 0.361. The van der Waals surface area contributed by atoms with Gasteiger partial charge in [-0.3, -0.25) is 0 Å². The molecule has 1 rings (SSSR count). The molecule has 0 heterocycles. The van der Waals surface area contributed by atoms with E-state index < -0.39 is 19.8 Å². The Balaban J connectivity index is 2.60. The van der Waals surface area contributed by atoms with Crippen LogP contribution in [0.25, 0.3) is 0 Å². The maximum absolute atomic E-state index is 10.8. The molecule has 0 aliphatic heterocycles. The molecule has 0 fully saturated rings. The van der Waals surface area contributed by atoms with Gasteiger partial charge in [-0.2, -0.15) is 0 Å². The van der Waals surface area contributed by atoms with Gasteiger partial charge in [0.1, 0.15) is 0 Å². The second kappa shape index (κ2) is 5.39. The number of rotatable bonds is 4. The molecule has 0 atom stereocenters. The molecule has 1 aromatic carbocycles. The summed E-state index contributed by atoms with van der Waals surface area (Å²) < 4.78 is 1.26. The molecule has 0 saturated carbocycles. The van der Waals surface area contributed by atoms with Crippen molar-refractivity contribution < 1.29 is 4.79 Å². The first-order chi connectivity index (χ1) is 6.59. The van der Waals surface area contributed by atoms with E-state index in [4.69, 9.17) is 5.73 Å². The number of hydrogen-bond acceptors (Lipinski definition) is 1. The van der Waals surface area contributed by atoms with Gasteiger partial charge in [-0.1, -0.05) is 0 Å². The number of primary amides is 1. The van der Waals surface area contributed by atoms with Crippen LogP contribution >= 0.6 is 0 Å². The number of nitrogens with two attached hydrogens (primary N) is 1. The van der Waals surface area contributed by atoms with Crippen LogP contribution < -0.4 is 5.73 Å². The van der Waals surface area contributed by atoms with Crippen molar-refractivity contribution in [3.05, 3.63) is 41.8 Å². The first-order valence-corrected chi connectivity index (χ1v) is 13.7. The van der Waals surface area contributed by atoms with Crippen LogP contribution in [0.2, 0.25) is 14.3 Å². The second-order valence-corrected chi connectivity index (χ2v) is 13.1. The van der Waals surface area contributed by atoms with Crippen LogP contribution in [0.5, 0.6) is 0 Å². The topological polar surface area (TPSA) is 43.1 Å². The van der Waals surface area contributed by atoms with Gasteiger partial charge in [0.2, 0.25) is 0 Å². The quantitative estimate of drug-likeness (QED) is 0.846. The van der Waals surface area contributed by atoms with Crippen molar-refractivity contribution in [3.8, 4) is 0 Å². The summed E-state index contributed by atoms with van der Waals surface area (Å²) in [7, 11) is 0. The fraction of sp³-hybridized carbons (Fsp3) is 0.273. The minimum atomic E-state index is -1.12. The first-order valence-electron chi connectivity index (χ1n) is 4.82. The Bertz CT molecular complexity index is 306. The van der Waals surface area contributed by atoms with Crippen LogP contribution in [-0.2, 0) is 0 Å². The van der Waals surface area contributed by atoms with Crippen LogP contribution in [0, 0.1) is 6.42 Å². The predicted octanol–water partition coefficient (Wildman–Crippen LogP) is 1.82.